The van der Waals surface area contributed by atoms with E-state index in [2.05, 4.69) is 24.1 Å². The first kappa shape index (κ1) is 23.4. The topological polar surface area (TPSA) is 110 Å². The molecule has 0 bridgehead atoms. The molecule has 0 saturated heterocycles. The van der Waals surface area contributed by atoms with Crippen molar-refractivity contribution in [1.29, 1.82) is 0 Å². The molecule has 2 aromatic carbocycles. The summed E-state index contributed by atoms with van der Waals surface area (Å²) >= 11 is 0. The maximum atomic E-state index is 12.5. The van der Waals surface area contributed by atoms with Gasteiger partial charge in [-0.05, 0) is 42.2 Å². The van der Waals surface area contributed by atoms with Gasteiger partial charge in [-0.2, -0.15) is 0 Å². The Kier molecular flexibility index (Phi) is 7.59. The van der Waals surface area contributed by atoms with Gasteiger partial charge in [-0.1, -0.05) is 38.1 Å². The molecule has 30 heavy (non-hydrogen) atoms. The zero-order valence-electron chi connectivity index (χ0n) is 17.3. The van der Waals surface area contributed by atoms with Gasteiger partial charge in [0.2, 0.25) is 0 Å². The van der Waals surface area contributed by atoms with Crippen molar-refractivity contribution in [3.8, 4) is 0 Å². The summed E-state index contributed by atoms with van der Waals surface area (Å²) in [4.78, 5) is 39.5. The number of benzene rings is 2. The van der Waals surface area contributed by atoms with Gasteiger partial charge in [0.1, 0.15) is 0 Å². The molecule has 8 heteroatoms. The third-order valence-corrected chi connectivity index (χ3v) is 5.07. The second-order valence-corrected chi connectivity index (χ2v) is 7.38. The number of nitrogens with two attached hydrogens (primary N) is 1. The van der Waals surface area contributed by atoms with Crippen LogP contribution in [0.2, 0.25) is 0 Å². The fraction of sp³-hybridized carbons (Fsp3) is 0.318. The van der Waals surface area contributed by atoms with E-state index in [-0.39, 0.29) is 43.0 Å². The van der Waals surface area contributed by atoms with Gasteiger partial charge < -0.3 is 16.0 Å². The van der Waals surface area contributed by atoms with Crippen molar-refractivity contribution >= 4 is 29.2 Å². The van der Waals surface area contributed by atoms with Crippen LogP contribution < -0.4 is 22.3 Å². The maximum absolute atomic E-state index is 12.5. The van der Waals surface area contributed by atoms with Crippen LogP contribution in [0, 0.1) is 0 Å². The number of H-pyrrole nitrogens is 1. The molecule has 0 spiro atoms. The van der Waals surface area contributed by atoms with Gasteiger partial charge in [-0.3, -0.25) is 14.2 Å². The molecule has 0 radical (unpaired) electrons. The van der Waals surface area contributed by atoms with E-state index in [9.17, 15) is 14.4 Å². The summed E-state index contributed by atoms with van der Waals surface area (Å²) in [5, 5.41) is 3.18. The van der Waals surface area contributed by atoms with Crippen molar-refractivity contribution in [2.24, 2.45) is 5.73 Å². The average Bonchev–Trinajstić information content (AvgIpc) is 2.71. The van der Waals surface area contributed by atoms with E-state index >= 15 is 0 Å². The van der Waals surface area contributed by atoms with Gasteiger partial charge in [0, 0.05) is 24.7 Å². The summed E-state index contributed by atoms with van der Waals surface area (Å²) in [5.74, 6) is 0.127. The van der Waals surface area contributed by atoms with Gasteiger partial charge in [-0.15, -0.1) is 12.4 Å². The van der Waals surface area contributed by atoms with Crippen molar-refractivity contribution in [3.63, 3.8) is 0 Å². The van der Waals surface area contributed by atoms with Crippen LogP contribution in [0.15, 0.2) is 52.1 Å². The Bertz CT molecular complexity index is 1150. The average molecular weight is 431 g/mol. The standard InChI is InChI=1S/C22H26N4O3.ClH/c1-4-26-21(28)17-10-9-16(11-19(17)25-22(26)29)20(27)24-12-18(23)15-7-5-14(6-8-15)13(2)3;/h5-11,13,18H,4,12,23H2,1-3H3,(H,24,27)(H,25,29);1H. The Morgan fingerprint density at radius 1 is 1.10 bits per heavy atom. The SMILES string of the molecule is CCn1c(=O)[nH]c2cc(C(=O)NCC(N)c3ccc(C(C)C)cc3)ccc2c1=O.Cl. The molecule has 0 fully saturated rings. The third-order valence-electron chi connectivity index (χ3n) is 5.07. The predicted molar refractivity (Wildman–Crippen MR) is 122 cm³/mol. The lowest BCUT2D eigenvalue weighted by Crippen LogP contribution is -2.34. The minimum Gasteiger partial charge on any atom is -0.350 e. The number of hydrogen-bond acceptors (Lipinski definition) is 4. The lowest BCUT2D eigenvalue weighted by atomic mass is 9.99. The predicted octanol–water partition coefficient (Wildman–Crippen LogP) is 2.68. The molecule has 7 nitrogen and oxygen atoms in total. The van der Waals surface area contributed by atoms with Gasteiger partial charge in [-0.25, -0.2) is 4.79 Å². The number of halogens is 1. The van der Waals surface area contributed by atoms with Crippen molar-refractivity contribution in [2.75, 3.05) is 6.54 Å². The number of aromatic amines is 1. The molecular weight excluding hydrogens is 404 g/mol. The molecule has 1 unspecified atom stereocenters. The van der Waals surface area contributed by atoms with Gasteiger partial charge in [0.15, 0.2) is 0 Å². The van der Waals surface area contributed by atoms with Crippen LogP contribution in [0.4, 0.5) is 0 Å². The molecule has 4 N–H and O–H groups in total. The molecule has 1 heterocycles. The smallest absolute Gasteiger partial charge is 0.328 e. The quantitative estimate of drug-likeness (QED) is 0.558. The lowest BCUT2D eigenvalue weighted by molar-refractivity contribution is 0.0951. The Labute approximate surface area is 180 Å². The van der Waals surface area contributed by atoms with Crippen LogP contribution in [0.25, 0.3) is 10.9 Å². The van der Waals surface area contributed by atoms with Crippen LogP contribution in [0.1, 0.15) is 54.2 Å². The summed E-state index contributed by atoms with van der Waals surface area (Å²) in [5.41, 5.74) is 8.21. The monoisotopic (exact) mass is 430 g/mol. The minimum atomic E-state index is -0.491. The molecule has 1 atom stereocenters. The fourth-order valence-electron chi connectivity index (χ4n) is 3.23. The van der Waals surface area contributed by atoms with Gasteiger partial charge in [0.25, 0.3) is 11.5 Å². The van der Waals surface area contributed by atoms with Gasteiger partial charge in [0.05, 0.1) is 10.9 Å². The fourth-order valence-corrected chi connectivity index (χ4v) is 3.23. The number of rotatable bonds is 6. The van der Waals surface area contributed by atoms with E-state index in [1.165, 1.54) is 11.6 Å². The lowest BCUT2D eigenvalue weighted by Gasteiger charge is -2.15. The first-order valence-corrected chi connectivity index (χ1v) is 9.72. The number of aromatic nitrogens is 2. The van der Waals surface area contributed by atoms with Crippen LogP contribution in [0.3, 0.4) is 0 Å². The molecule has 0 aliphatic rings. The highest BCUT2D eigenvalue weighted by atomic mass is 35.5. The Morgan fingerprint density at radius 2 is 1.73 bits per heavy atom. The van der Waals surface area contributed by atoms with E-state index in [1.54, 1.807) is 19.1 Å². The van der Waals surface area contributed by atoms with Crippen LogP contribution >= 0.6 is 12.4 Å². The van der Waals surface area contributed by atoms with Crippen molar-refractivity contribution in [3.05, 3.63) is 80.0 Å². The summed E-state index contributed by atoms with van der Waals surface area (Å²) in [6, 6.07) is 12.3. The van der Waals surface area contributed by atoms with E-state index in [1.807, 2.05) is 24.3 Å². The summed E-state index contributed by atoms with van der Waals surface area (Å²) < 4.78 is 1.12. The summed E-state index contributed by atoms with van der Waals surface area (Å²) in [6.45, 7) is 6.53. The molecule has 0 aliphatic carbocycles. The van der Waals surface area contributed by atoms with E-state index in [4.69, 9.17) is 5.73 Å². The number of fused-ring (bicyclic) bond motifs is 1. The number of carbonyl (C=O) groups excluding carboxylic acids is 1. The number of carbonyl (C=O) groups is 1. The Morgan fingerprint density at radius 3 is 2.33 bits per heavy atom. The molecule has 0 saturated carbocycles. The Balaban J connectivity index is 0.00000320. The maximum Gasteiger partial charge on any atom is 0.328 e. The van der Waals surface area contributed by atoms with Gasteiger partial charge >= 0.3 is 5.69 Å². The molecule has 3 rings (SSSR count). The zero-order chi connectivity index (χ0) is 21.1. The number of hydrogen-bond donors (Lipinski definition) is 3. The molecule has 1 amide bonds. The zero-order valence-corrected chi connectivity index (χ0v) is 18.1. The van der Waals surface area contributed by atoms with E-state index in [0.717, 1.165) is 10.1 Å². The molecule has 0 aliphatic heterocycles. The van der Waals surface area contributed by atoms with Crippen LogP contribution in [-0.2, 0) is 6.54 Å². The molecule has 160 valence electrons. The normalized spacial score (nSPS) is 11.9. The third kappa shape index (κ3) is 4.80. The first-order valence-electron chi connectivity index (χ1n) is 9.72. The van der Waals surface area contributed by atoms with Crippen LogP contribution in [-0.4, -0.2) is 22.0 Å². The van der Waals surface area contributed by atoms with E-state index < -0.39 is 5.69 Å². The number of amides is 1. The van der Waals surface area contributed by atoms with E-state index in [0.29, 0.717) is 22.4 Å². The van der Waals surface area contributed by atoms with Crippen molar-refractivity contribution < 1.29 is 4.79 Å². The van der Waals surface area contributed by atoms with Crippen LogP contribution in [0.5, 0.6) is 0 Å². The molecular formula is C22H27ClN4O3. The molecule has 1 aromatic heterocycles. The highest BCUT2D eigenvalue weighted by Gasteiger charge is 2.13. The van der Waals surface area contributed by atoms with Crippen molar-refractivity contribution in [1.82, 2.24) is 14.9 Å². The highest BCUT2D eigenvalue weighted by molar-refractivity contribution is 5.97. The Hall–Kier alpha value is -2.90. The largest absolute Gasteiger partial charge is 0.350 e. The minimum absolute atomic E-state index is 0. The summed E-state index contributed by atoms with van der Waals surface area (Å²) in [6.07, 6.45) is 0. The second kappa shape index (κ2) is 9.73. The second-order valence-electron chi connectivity index (χ2n) is 7.38. The van der Waals surface area contributed by atoms with Crippen molar-refractivity contribution in [2.45, 2.75) is 39.3 Å². The summed E-state index contributed by atoms with van der Waals surface area (Å²) in [7, 11) is 0. The number of nitrogens with one attached hydrogen (secondary N) is 2. The first-order chi connectivity index (χ1) is 13.8. The molecule has 3 aromatic rings. The number of nitrogens with zero attached hydrogens (tertiary/aromatic N) is 1. The highest BCUT2D eigenvalue weighted by Crippen LogP contribution is 2.17.